The second-order valence-electron chi connectivity index (χ2n) is 2.84. The summed E-state index contributed by atoms with van der Waals surface area (Å²) in [6, 6.07) is 2.15. The molecule has 0 aliphatic heterocycles. The smallest absolute Gasteiger partial charge is 0.0127 e. The lowest BCUT2D eigenvalue weighted by molar-refractivity contribution is 0.969. The average Bonchev–Trinajstić information content (AvgIpc) is 2.45. The van der Waals surface area contributed by atoms with E-state index >= 15 is 0 Å². The fourth-order valence-corrected chi connectivity index (χ4v) is 2.32. The highest BCUT2D eigenvalue weighted by molar-refractivity contribution is 7.10. The number of allylic oxidation sites excluding steroid dienone is 2. The molecule has 1 heterocycles. The van der Waals surface area contributed by atoms with Gasteiger partial charge in [0.25, 0.3) is 0 Å². The van der Waals surface area contributed by atoms with Gasteiger partial charge in [-0.3, -0.25) is 0 Å². The Morgan fingerprint density at radius 3 is 2.91 bits per heavy atom. The molecule has 0 spiro atoms. The summed E-state index contributed by atoms with van der Waals surface area (Å²) in [6.07, 6.45) is 2.25. The van der Waals surface area contributed by atoms with Gasteiger partial charge in [-0.2, -0.15) is 0 Å². The Balaban J connectivity index is 2.54. The maximum absolute atomic E-state index is 4.02. The summed E-state index contributed by atoms with van der Waals surface area (Å²) in [5, 5.41) is 2.13. The molecular formula is C10H10S. The molecule has 0 unspecified atom stereocenters. The first-order chi connectivity index (χ1) is 5.29. The molecule has 0 bridgehead atoms. The van der Waals surface area contributed by atoms with Crippen LogP contribution in [0.1, 0.15) is 16.9 Å². The first-order valence-electron chi connectivity index (χ1n) is 3.73. The molecule has 0 aromatic carbocycles. The van der Waals surface area contributed by atoms with E-state index in [0.29, 0.717) is 0 Å². The molecule has 0 fully saturated rings. The SMILES string of the molecule is C=C1CCc2sccc2C1=C. The molecule has 1 heteroatoms. The van der Waals surface area contributed by atoms with Crippen LogP contribution in [-0.4, -0.2) is 0 Å². The van der Waals surface area contributed by atoms with Crippen molar-refractivity contribution in [1.29, 1.82) is 0 Å². The van der Waals surface area contributed by atoms with E-state index in [4.69, 9.17) is 0 Å². The minimum absolute atomic E-state index is 1.09. The summed E-state index contributed by atoms with van der Waals surface area (Å²) in [5.41, 5.74) is 3.68. The van der Waals surface area contributed by atoms with E-state index in [2.05, 4.69) is 24.6 Å². The number of hydrogen-bond donors (Lipinski definition) is 0. The number of rotatable bonds is 0. The van der Waals surface area contributed by atoms with Gasteiger partial charge in [0.05, 0.1) is 0 Å². The molecule has 0 saturated carbocycles. The van der Waals surface area contributed by atoms with Crippen molar-refractivity contribution >= 4 is 16.9 Å². The normalized spacial score (nSPS) is 16.7. The van der Waals surface area contributed by atoms with Crippen LogP contribution in [0.15, 0.2) is 30.2 Å². The molecule has 0 N–H and O–H groups in total. The minimum atomic E-state index is 1.09. The monoisotopic (exact) mass is 162 g/mol. The van der Waals surface area contributed by atoms with E-state index in [1.165, 1.54) is 16.0 Å². The van der Waals surface area contributed by atoms with Crippen LogP contribution in [0.3, 0.4) is 0 Å². The van der Waals surface area contributed by atoms with Gasteiger partial charge in [0.2, 0.25) is 0 Å². The van der Waals surface area contributed by atoms with Gasteiger partial charge in [-0.05, 0) is 41.0 Å². The lowest BCUT2D eigenvalue weighted by Crippen LogP contribution is -1.98. The lowest BCUT2D eigenvalue weighted by Gasteiger charge is -2.15. The third-order valence-electron chi connectivity index (χ3n) is 2.15. The van der Waals surface area contributed by atoms with E-state index in [1.807, 2.05) is 11.3 Å². The summed E-state index contributed by atoms with van der Waals surface area (Å²) < 4.78 is 0. The lowest BCUT2D eigenvalue weighted by atomic mass is 9.91. The fourth-order valence-electron chi connectivity index (χ4n) is 1.41. The molecule has 56 valence electrons. The van der Waals surface area contributed by atoms with Crippen molar-refractivity contribution < 1.29 is 0 Å². The molecule has 0 atom stereocenters. The zero-order valence-electron chi connectivity index (χ0n) is 6.39. The van der Waals surface area contributed by atoms with Gasteiger partial charge < -0.3 is 0 Å². The predicted molar refractivity (Wildman–Crippen MR) is 50.8 cm³/mol. The van der Waals surface area contributed by atoms with Gasteiger partial charge in [0.15, 0.2) is 0 Å². The molecule has 0 radical (unpaired) electrons. The molecule has 1 aliphatic carbocycles. The maximum Gasteiger partial charge on any atom is 0.0127 e. The van der Waals surface area contributed by atoms with Gasteiger partial charge in [-0.1, -0.05) is 13.2 Å². The van der Waals surface area contributed by atoms with Crippen molar-refractivity contribution in [2.24, 2.45) is 0 Å². The van der Waals surface area contributed by atoms with Crippen LogP contribution in [0.25, 0.3) is 5.57 Å². The molecule has 0 saturated heterocycles. The van der Waals surface area contributed by atoms with Crippen LogP contribution in [0.5, 0.6) is 0 Å². The first kappa shape index (κ1) is 6.86. The number of fused-ring (bicyclic) bond motifs is 1. The summed E-state index contributed by atoms with van der Waals surface area (Å²) in [4.78, 5) is 1.47. The second-order valence-corrected chi connectivity index (χ2v) is 3.84. The molecule has 0 amide bonds. The van der Waals surface area contributed by atoms with E-state index in [1.54, 1.807) is 0 Å². The molecule has 2 rings (SSSR count). The first-order valence-corrected chi connectivity index (χ1v) is 4.61. The van der Waals surface area contributed by atoms with Crippen LogP contribution in [0.4, 0.5) is 0 Å². The zero-order valence-corrected chi connectivity index (χ0v) is 7.21. The van der Waals surface area contributed by atoms with Crippen LogP contribution >= 0.6 is 11.3 Å². The predicted octanol–water partition coefficient (Wildman–Crippen LogP) is 3.26. The Kier molecular flexibility index (Phi) is 1.46. The molecule has 1 aromatic heterocycles. The average molecular weight is 162 g/mol. The van der Waals surface area contributed by atoms with Crippen LogP contribution in [-0.2, 0) is 6.42 Å². The van der Waals surface area contributed by atoms with Gasteiger partial charge in [0, 0.05) is 4.88 Å². The Bertz CT molecular complexity index is 317. The summed E-state index contributed by atoms with van der Waals surface area (Å²) in [7, 11) is 0. The highest BCUT2D eigenvalue weighted by Gasteiger charge is 2.15. The van der Waals surface area contributed by atoms with Crippen molar-refractivity contribution in [3.63, 3.8) is 0 Å². The summed E-state index contributed by atoms with van der Waals surface area (Å²) in [5.74, 6) is 0. The number of aryl methyl sites for hydroxylation is 1. The molecule has 0 nitrogen and oxygen atoms in total. The van der Waals surface area contributed by atoms with Gasteiger partial charge >= 0.3 is 0 Å². The van der Waals surface area contributed by atoms with E-state index in [9.17, 15) is 0 Å². The Morgan fingerprint density at radius 2 is 2.09 bits per heavy atom. The molecule has 1 aliphatic rings. The van der Waals surface area contributed by atoms with Gasteiger partial charge in [0.1, 0.15) is 0 Å². The Labute approximate surface area is 70.9 Å². The third-order valence-corrected chi connectivity index (χ3v) is 3.13. The molecular weight excluding hydrogens is 152 g/mol. The molecule has 1 aromatic rings. The van der Waals surface area contributed by atoms with Crippen LogP contribution < -0.4 is 0 Å². The van der Waals surface area contributed by atoms with Crippen molar-refractivity contribution in [3.05, 3.63) is 40.6 Å². The molecule has 11 heavy (non-hydrogen) atoms. The highest BCUT2D eigenvalue weighted by atomic mass is 32.1. The number of hydrogen-bond acceptors (Lipinski definition) is 1. The maximum atomic E-state index is 4.02. The minimum Gasteiger partial charge on any atom is -0.148 e. The summed E-state index contributed by atoms with van der Waals surface area (Å²) in [6.45, 7) is 7.99. The fraction of sp³-hybridized carbons (Fsp3) is 0.200. The van der Waals surface area contributed by atoms with Gasteiger partial charge in [-0.15, -0.1) is 11.3 Å². The topological polar surface area (TPSA) is 0 Å². The Hall–Kier alpha value is -0.820. The third kappa shape index (κ3) is 0.962. The quantitative estimate of drug-likeness (QED) is 0.549. The van der Waals surface area contributed by atoms with Crippen molar-refractivity contribution in [1.82, 2.24) is 0 Å². The van der Waals surface area contributed by atoms with Gasteiger partial charge in [-0.25, -0.2) is 0 Å². The Morgan fingerprint density at radius 1 is 1.27 bits per heavy atom. The number of thiophene rings is 1. The zero-order chi connectivity index (χ0) is 7.84. The van der Waals surface area contributed by atoms with Crippen molar-refractivity contribution in [3.8, 4) is 0 Å². The second kappa shape index (κ2) is 2.35. The standard InChI is InChI=1S/C10H10S/c1-7-3-4-10-9(8(7)2)5-6-11-10/h5-6H,1-4H2. The largest absolute Gasteiger partial charge is 0.148 e. The van der Waals surface area contributed by atoms with E-state index in [0.717, 1.165) is 18.4 Å². The van der Waals surface area contributed by atoms with Crippen molar-refractivity contribution in [2.75, 3.05) is 0 Å². The summed E-state index contributed by atoms with van der Waals surface area (Å²) >= 11 is 1.83. The van der Waals surface area contributed by atoms with Crippen LogP contribution in [0, 0.1) is 0 Å². The van der Waals surface area contributed by atoms with Crippen LogP contribution in [0.2, 0.25) is 0 Å². The van der Waals surface area contributed by atoms with E-state index in [-0.39, 0.29) is 0 Å². The van der Waals surface area contributed by atoms with E-state index < -0.39 is 0 Å². The van der Waals surface area contributed by atoms with Crippen molar-refractivity contribution in [2.45, 2.75) is 12.8 Å². The highest BCUT2D eigenvalue weighted by Crippen LogP contribution is 2.35.